The van der Waals surface area contributed by atoms with Crippen LogP contribution in [0.1, 0.15) is 34.0 Å². The van der Waals surface area contributed by atoms with Crippen molar-refractivity contribution >= 4 is 45.9 Å². The normalized spacial score (nSPS) is 13.4. The molecule has 1 atom stereocenters. The summed E-state index contributed by atoms with van der Waals surface area (Å²) < 4.78 is 0. The Bertz CT molecular complexity index is 1210. The van der Waals surface area contributed by atoms with Gasteiger partial charge in [0.2, 0.25) is 5.91 Å². The number of ketones is 1. The molecular weight excluding hydrogens is 400 g/mol. The topological polar surface area (TPSA) is 109 Å². The zero-order valence-electron chi connectivity index (χ0n) is 16.3. The zero-order chi connectivity index (χ0) is 21.4. The van der Waals surface area contributed by atoms with E-state index in [1.807, 2.05) is 42.5 Å². The first-order valence-electron chi connectivity index (χ1n) is 9.45. The first-order valence-corrected chi connectivity index (χ1v) is 10.4. The summed E-state index contributed by atoms with van der Waals surface area (Å²) in [4.78, 5) is 36.6. The molecule has 0 bridgehead atoms. The molecule has 0 spiro atoms. The Balaban J connectivity index is 1.73. The van der Waals surface area contributed by atoms with Gasteiger partial charge in [-0.25, -0.2) is 4.79 Å². The molecule has 7 heteroatoms. The molecule has 4 rings (SSSR count). The third kappa shape index (κ3) is 3.64. The number of benzene rings is 3. The maximum absolute atomic E-state index is 13.2. The van der Waals surface area contributed by atoms with Crippen molar-refractivity contribution in [1.29, 1.82) is 0 Å². The Kier molecular flexibility index (Phi) is 5.22. The number of carbonyl (C=O) groups is 3. The molecule has 0 fully saturated rings. The summed E-state index contributed by atoms with van der Waals surface area (Å²) in [6.45, 7) is 1.28. The van der Waals surface area contributed by atoms with Gasteiger partial charge >= 0.3 is 5.97 Å². The van der Waals surface area contributed by atoms with Gasteiger partial charge in [0.1, 0.15) is 6.04 Å². The van der Waals surface area contributed by atoms with Gasteiger partial charge in [-0.2, -0.15) is 0 Å². The number of nitrogens with two attached hydrogens (primary N) is 1. The van der Waals surface area contributed by atoms with Gasteiger partial charge in [-0.05, 0) is 40.5 Å². The second-order valence-electron chi connectivity index (χ2n) is 7.28. The van der Waals surface area contributed by atoms with Crippen LogP contribution in [0.5, 0.6) is 0 Å². The first kappa shape index (κ1) is 20.0. The zero-order valence-corrected chi connectivity index (χ0v) is 17.1. The highest BCUT2D eigenvalue weighted by Gasteiger charge is 2.25. The fourth-order valence-corrected chi connectivity index (χ4v) is 4.78. The fraction of sp³-hybridized carbons (Fsp3) is 0.174. The van der Waals surface area contributed by atoms with Gasteiger partial charge < -0.3 is 16.2 Å². The van der Waals surface area contributed by atoms with Gasteiger partial charge in [0.15, 0.2) is 5.78 Å². The van der Waals surface area contributed by atoms with Crippen LogP contribution in [0.2, 0.25) is 0 Å². The molecule has 0 radical (unpaired) electrons. The number of aliphatic carboxylic acids is 1. The van der Waals surface area contributed by atoms with Crippen LogP contribution in [0.4, 0.5) is 5.69 Å². The molecule has 0 unspecified atom stereocenters. The minimum Gasteiger partial charge on any atom is -0.480 e. The predicted molar refractivity (Wildman–Crippen MR) is 117 cm³/mol. The number of amides is 1. The molecule has 1 amide bonds. The summed E-state index contributed by atoms with van der Waals surface area (Å²) in [5.41, 5.74) is 10.1. The molecule has 1 aliphatic carbocycles. The van der Waals surface area contributed by atoms with Gasteiger partial charge in [0.25, 0.3) is 0 Å². The lowest BCUT2D eigenvalue weighted by Crippen LogP contribution is -2.41. The van der Waals surface area contributed by atoms with Gasteiger partial charge in [-0.3, -0.25) is 9.59 Å². The number of fused-ring (bicyclic) bond motifs is 4. The van der Waals surface area contributed by atoms with Crippen LogP contribution in [0, 0.1) is 0 Å². The number of hydrogen-bond acceptors (Lipinski definition) is 5. The number of anilines is 1. The summed E-state index contributed by atoms with van der Waals surface area (Å²) in [6.07, 6.45) is 0.684. The number of carboxylic acid groups (broad SMARTS) is 1. The van der Waals surface area contributed by atoms with Crippen molar-refractivity contribution < 1.29 is 19.5 Å². The van der Waals surface area contributed by atoms with E-state index in [9.17, 15) is 19.5 Å². The number of hydrogen-bond donors (Lipinski definition) is 3. The van der Waals surface area contributed by atoms with E-state index in [0.717, 1.165) is 21.9 Å². The number of nitrogen functional groups attached to an aromatic ring is 1. The molecule has 0 aromatic heterocycles. The summed E-state index contributed by atoms with van der Waals surface area (Å²) in [7, 11) is 0. The van der Waals surface area contributed by atoms with Gasteiger partial charge in [-0.15, -0.1) is 11.8 Å². The van der Waals surface area contributed by atoms with Crippen LogP contribution in [-0.4, -0.2) is 34.6 Å². The number of thioether (sulfide) groups is 1. The number of rotatable bonds is 5. The van der Waals surface area contributed by atoms with Crippen molar-refractivity contribution in [2.45, 2.75) is 24.3 Å². The highest BCUT2D eigenvalue weighted by Crippen LogP contribution is 2.37. The summed E-state index contributed by atoms with van der Waals surface area (Å²) >= 11 is 1.25. The van der Waals surface area contributed by atoms with Crippen LogP contribution in [0.25, 0.3) is 10.8 Å². The van der Waals surface area contributed by atoms with E-state index in [2.05, 4.69) is 5.32 Å². The highest BCUT2D eigenvalue weighted by molar-refractivity contribution is 7.99. The standard InChI is InChI=1S/C23H20N2O4S/c1-12(26)25-19(23(28)29)11-30-20-10-17-14(9-18(20)24)6-7-15-8-13-4-2-3-5-16(13)22(27)21(15)17/h2-7,9-10,19H,8,11,24H2,1H3,(H,25,26)(H,28,29)/t19-/m0/s1. The fourth-order valence-electron chi connectivity index (χ4n) is 3.78. The van der Waals surface area contributed by atoms with Crippen LogP contribution < -0.4 is 11.1 Å². The molecule has 3 aromatic carbocycles. The number of nitrogens with one attached hydrogen (secondary N) is 1. The first-order chi connectivity index (χ1) is 14.3. The average Bonchev–Trinajstić information content (AvgIpc) is 2.70. The lowest BCUT2D eigenvalue weighted by molar-refractivity contribution is -0.140. The van der Waals surface area contributed by atoms with E-state index in [4.69, 9.17) is 5.73 Å². The smallest absolute Gasteiger partial charge is 0.327 e. The van der Waals surface area contributed by atoms with Gasteiger partial charge in [-0.1, -0.05) is 36.4 Å². The van der Waals surface area contributed by atoms with Gasteiger partial charge in [0, 0.05) is 34.4 Å². The van der Waals surface area contributed by atoms with Crippen molar-refractivity contribution in [3.63, 3.8) is 0 Å². The minimum absolute atomic E-state index is 0.0140. The Hall–Kier alpha value is -3.32. The monoisotopic (exact) mass is 420 g/mol. The molecular formula is C23H20N2O4S. The maximum Gasteiger partial charge on any atom is 0.327 e. The summed E-state index contributed by atoms with van der Waals surface area (Å²) in [5.74, 6) is -1.41. The van der Waals surface area contributed by atoms with E-state index in [-0.39, 0.29) is 11.5 Å². The molecule has 0 saturated carbocycles. The molecule has 1 aliphatic rings. The van der Waals surface area contributed by atoms with Crippen molar-refractivity contribution in [3.8, 4) is 0 Å². The van der Waals surface area contributed by atoms with Crippen LogP contribution >= 0.6 is 11.8 Å². The second kappa shape index (κ2) is 7.84. The molecule has 0 aliphatic heterocycles. The van der Waals surface area contributed by atoms with Crippen molar-refractivity contribution in [1.82, 2.24) is 5.32 Å². The predicted octanol–water partition coefficient (Wildman–Crippen LogP) is 3.24. The van der Waals surface area contributed by atoms with Gasteiger partial charge in [0.05, 0.1) is 0 Å². The van der Waals surface area contributed by atoms with E-state index >= 15 is 0 Å². The molecule has 4 N–H and O–H groups in total. The quantitative estimate of drug-likeness (QED) is 0.338. The molecule has 0 heterocycles. The van der Waals surface area contributed by atoms with Crippen molar-refractivity contribution in [2.75, 3.05) is 11.5 Å². The van der Waals surface area contributed by atoms with E-state index in [0.29, 0.717) is 28.1 Å². The Morgan fingerprint density at radius 2 is 1.93 bits per heavy atom. The SMILES string of the molecule is CC(=O)N[C@@H](CSc1cc2c3c(ccc2cc1N)Cc1ccccc1C3=O)C(=O)O. The number of carbonyl (C=O) groups excluding carboxylic acids is 2. The summed E-state index contributed by atoms with van der Waals surface area (Å²) in [5, 5.41) is 13.4. The van der Waals surface area contributed by atoms with Crippen LogP contribution in [0.3, 0.4) is 0 Å². The maximum atomic E-state index is 13.2. The molecule has 6 nitrogen and oxygen atoms in total. The summed E-state index contributed by atoms with van der Waals surface area (Å²) in [6, 6.07) is 14.2. The Labute approximate surface area is 177 Å². The lowest BCUT2D eigenvalue weighted by atomic mass is 9.82. The molecule has 152 valence electrons. The number of carboxylic acids is 1. The largest absolute Gasteiger partial charge is 0.480 e. The lowest BCUT2D eigenvalue weighted by Gasteiger charge is -2.21. The third-order valence-electron chi connectivity index (χ3n) is 5.19. The highest BCUT2D eigenvalue weighted by atomic mass is 32.2. The van der Waals surface area contributed by atoms with E-state index in [1.165, 1.54) is 18.7 Å². The van der Waals surface area contributed by atoms with E-state index in [1.54, 1.807) is 6.07 Å². The van der Waals surface area contributed by atoms with Crippen LogP contribution in [0.15, 0.2) is 53.4 Å². The Morgan fingerprint density at radius 3 is 2.67 bits per heavy atom. The third-order valence-corrected chi connectivity index (χ3v) is 6.35. The molecule has 0 saturated heterocycles. The van der Waals surface area contributed by atoms with Crippen LogP contribution in [-0.2, 0) is 16.0 Å². The second-order valence-corrected chi connectivity index (χ2v) is 8.34. The van der Waals surface area contributed by atoms with E-state index < -0.39 is 17.9 Å². The Morgan fingerprint density at radius 1 is 1.17 bits per heavy atom. The average molecular weight is 420 g/mol. The molecule has 30 heavy (non-hydrogen) atoms. The minimum atomic E-state index is -1.11. The molecule has 3 aromatic rings. The van der Waals surface area contributed by atoms with Crippen molar-refractivity contribution in [2.24, 2.45) is 0 Å². The van der Waals surface area contributed by atoms with Crippen molar-refractivity contribution in [3.05, 3.63) is 70.8 Å².